The Labute approximate surface area is 385 Å². The summed E-state index contributed by atoms with van der Waals surface area (Å²) >= 11 is 0. The van der Waals surface area contributed by atoms with Gasteiger partial charge in [-0.3, -0.25) is 18.0 Å². The van der Waals surface area contributed by atoms with Crippen LogP contribution < -0.4 is 0 Å². The van der Waals surface area contributed by atoms with E-state index in [4.69, 9.17) is 12.9 Å². The minimum atomic E-state index is -2.74. The van der Waals surface area contributed by atoms with E-state index in [1.54, 1.807) is 61.0 Å². The number of hydrogen-bond donors (Lipinski definition) is 4. The monoisotopic (exact) mass is 950 g/mol. The highest BCUT2D eigenvalue weighted by Crippen LogP contribution is 2.55. The van der Waals surface area contributed by atoms with E-state index in [9.17, 15) is 38.4 Å². The predicted molar refractivity (Wildman–Crippen MR) is 261 cm³/mol. The van der Waals surface area contributed by atoms with Gasteiger partial charge >= 0.3 is 7.32 Å². The molecule has 4 N–H and O–H groups in total. The molecule has 0 aliphatic heterocycles. The highest BCUT2D eigenvalue weighted by molar-refractivity contribution is 8.32. The first-order valence-corrected chi connectivity index (χ1v) is 28.2. The first-order valence-electron chi connectivity index (χ1n) is 21.0. The van der Waals surface area contributed by atoms with E-state index in [1.807, 2.05) is 54.6 Å². The highest BCUT2D eigenvalue weighted by atomic mass is 32.3. The number of carbonyl (C=O) groups is 2. The van der Waals surface area contributed by atoms with Gasteiger partial charge in [0.05, 0.1) is 37.9 Å². The fourth-order valence-electron chi connectivity index (χ4n) is 7.75. The molecule has 0 saturated heterocycles. The number of hydrogen-bond acceptors (Lipinski definition) is 11. The van der Waals surface area contributed by atoms with Crippen LogP contribution in [0.1, 0.15) is 50.2 Å². The van der Waals surface area contributed by atoms with Crippen molar-refractivity contribution in [2.24, 2.45) is 0 Å². The summed E-state index contributed by atoms with van der Waals surface area (Å²) in [6.07, 6.45) is 4.12. The van der Waals surface area contributed by atoms with Crippen LogP contribution in [0.5, 0.6) is 0 Å². The van der Waals surface area contributed by atoms with Crippen LogP contribution in [0, 0.1) is 0 Å². The lowest BCUT2D eigenvalue weighted by atomic mass is 9.67. The van der Waals surface area contributed by atoms with E-state index in [-0.39, 0.29) is 79.1 Å². The molecule has 344 valence electrons. The van der Waals surface area contributed by atoms with Crippen molar-refractivity contribution < 1.29 is 51.3 Å². The van der Waals surface area contributed by atoms with E-state index in [1.165, 1.54) is 0 Å². The minimum Gasteiger partial charge on any atom is -0.395 e. The molecule has 2 atom stereocenters. The molecule has 0 aromatic heterocycles. The molecule has 0 saturated carbocycles. The van der Waals surface area contributed by atoms with Gasteiger partial charge in [-0.25, -0.2) is 0 Å². The molecule has 11 nitrogen and oxygen atoms in total. The topological polar surface area (TPSA) is 177 Å². The fraction of sp³-hybridized carbons (Fsp3) is 0.333. The maximum Gasteiger partial charge on any atom is 0.660 e. The maximum atomic E-state index is 14.0. The molecular weight excluding hydrogens is 892 g/mol. The predicted octanol–water partition coefficient (Wildman–Crippen LogP) is 6.48. The average Bonchev–Trinajstić information content (AvgIpc) is 3.30. The van der Waals surface area contributed by atoms with Crippen LogP contribution in [0.4, 0.5) is 0 Å². The Bertz CT molecular complexity index is 2050. The number of aliphatic hydroxyl groups is 4. The van der Waals surface area contributed by atoms with Gasteiger partial charge in [0, 0.05) is 90.1 Å². The highest BCUT2D eigenvalue weighted by Gasteiger charge is 2.42. The van der Waals surface area contributed by atoms with Gasteiger partial charge in [-0.05, 0) is 53.8 Å². The summed E-state index contributed by atoms with van der Waals surface area (Å²) < 4.78 is 44.3. The second-order valence-corrected chi connectivity index (χ2v) is 24.4. The van der Waals surface area contributed by atoms with Gasteiger partial charge in [0.1, 0.15) is 0 Å². The summed E-state index contributed by atoms with van der Waals surface area (Å²) in [7, 11) is -9.57. The molecule has 5 aromatic carbocycles. The molecule has 0 heterocycles. The third-order valence-corrected chi connectivity index (χ3v) is 19.3. The van der Waals surface area contributed by atoms with Crippen molar-refractivity contribution in [3.05, 3.63) is 167 Å². The van der Waals surface area contributed by atoms with Gasteiger partial charge in [-0.1, -0.05) is 115 Å². The van der Waals surface area contributed by atoms with E-state index in [0.29, 0.717) is 33.8 Å². The van der Waals surface area contributed by atoms with Gasteiger partial charge in [-0.2, -0.15) is 0 Å². The Morgan fingerprint density at radius 2 is 0.859 bits per heavy atom. The summed E-state index contributed by atoms with van der Waals surface area (Å²) in [6, 6.07) is 43.5. The van der Waals surface area contributed by atoms with Crippen LogP contribution in [0.15, 0.2) is 149 Å². The van der Waals surface area contributed by atoms with Crippen LogP contribution in [-0.2, 0) is 39.9 Å². The molecule has 2 unspecified atom stereocenters. The summed E-state index contributed by atoms with van der Waals surface area (Å²) in [6.45, 7) is -1.50. The summed E-state index contributed by atoms with van der Waals surface area (Å²) in [5.41, 5.74) is 3.28. The van der Waals surface area contributed by atoms with Gasteiger partial charge in [0.15, 0.2) is 11.6 Å². The van der Waals surface area contributed by atoms with Crippen LogP contribution in [0.3, 0.4) is 0 Å². The minimum absolute atomic E-state index is 0.0227. The smallest absolute Gasteiger partial charge is 0.395 e. The van der Waals surface area contributed by atoms with E-state index < -0.39 is 55.0 Å². The molecule has 0 aliphatic rings. The molecule has 0 aliphatic carbocycles. The van der Waals surface area contributed by atoms with Gasteiger partial charge < -0.3 is 33.3 Å². The molecule has 16 heteroatoms. The summed E-state index contributed by atoms with van der Waals surface area (Å²) in [5, 5.41) is 41.8. The SMILES string of the molecule is CS(=O)c1ccc(C(=O)CS(CCO)(CCO)OB(OCCCC(c2ccccc2)(c2ccccc2)c2ccccc2)OS(CCO)(CCO)CC(=O)c2ccc(S(C)=O)cc2)cc1. The van der Waals surface area contributed by atoms with Crippen LogP contribution in [0.25, 0.3) is 0 Å². The first-order chi connectivity index (χ1) is 30.9. The number of carbonyl (C=O) groups excluding carboxylic acids is 2. The van der Waals surface area contributed by atoms with Crippen molar-refractivity contribution >= 4 is 61.1 Å². The van der Waals surface area contributed by atoms with Gasteiger partial charge in [0.25, 0.3) is 0 Å². The van der Waals surface area contributed by atoms with Gasteiger partial charge in [-0.15, -0.1) is 20.6 Å². The van der Waals surface area contributed by atoms with E-state index >= 15 is 0 Å². The maximum absolute atomic E-state index is 14.0. The molecule has 0 radical (unpaired) electrons. The zero-order chi connectivity index (χ0) is 46.0. The Hall–Kier alpha value is -3.78. The lowest BCUT2D eigenvalue weighted by Crippen LogP contribution is -2.39. The number of ketones is 2. The number of benzene rings is 5. The lowest BCUT2D eigenvalue weighted by Gasteiger charge is -2.44. The van der Waals surface area contributed by atoms with E-state index in [2.05, 4.69) is 36.4 Å². The molecule has 64 heavy (non-hydrogen) atoms. The Morgan fingerprint density at radius 3 is 1.16 bits per heavy atom. The zero-order valence-electron chi connectivity index (χ0n) is 36.3. The largest absolute Gasteiger partial charge is 0.660 e. The lowest BCUT2D eigenvalue weighted by molar-refractivity contribution is 0.101. The zero-order valence-corrected chi connectivity index (χ0v) is 39.6. The molecule has 0 bridgehead atoms. The molecule has 0 amide bonds. The van der Waals surface area contributed by atoms with E-state index in [0.717, 1.165) is 16.7 Å². The molecule has 0 fully saturated rings. The van der Waals surface area contributed by atoms with Crippen LogP contribution >= 0.6 is 20.6 Å². The number of Topliss-reactive ketones (excluding diaryl/α,β-unsaturated/α-hetero) is 2. The molecule has 5 rings (SSSR count). The van der Waals surface area contributed by atoms with Crippen molar-refractivity contribution in [2.45, 2.75) is 28.0 Å². The van der Waals surface area contributed by atoms with Crippen molar-refractivity contribution in [2.75, 3.05) is 80.1 Å². The second-order valence-electron chi connectivity index (χ2n) is 15.2. The Morgan fingerprint density at radius 1 is 0.531 bits per heavy atom. The van der Waals surface area contributed by atoms with Crippen LogP contribution in [0.2, 0.25) is 0 Å². The molecular formula is C48H59BO11S4. The van der Waals surface area contributed by atoms with Crippen molar-refractivity contribution in [3.63, 3.8) is 0 Å². The average molecular weight is 951 g/mol. The van der Waals surface area contributed by atoms with Gasteiger partial charge in [0.2, 0.25) is 0 Å². The normalized spacial score (nSPS) is 13.5. The number of aliphatic hydroxyl groups excluding tert-OH is 4. The summed E-state index contributed by atoms with van der Waals surface area (Å²) in [4.78, 5) is 29.1. The fourth-order valence-corrected chi connectivity index (χ4v) is 13.8. The Balaban J connectivity index is 1.53. The second kappa shape index (κ2) is 25.2. The molecule has 5 aromatic rings. The van der Waals surface area contributed by atoms with Crippen molar-refractivity contribution in [1.29, 1.82) is 0 Å². The third-order valence-electron chi connectivity index (χ3n) is 11.0. The third kappa shape index (κ3) is 13.6. The Kier molecular flexibility index (Phi) is 20.2. The van der Waals surface area contributed by atoms with Crippen molar-refractivity contribution in [3.8, 4) is 0 Å². The number of rotatable bonds is 28. The quantitative estimate of drug-likeness (QED) is 0.0187. The summed E-state index contributed by atoms with van der Waals surface area (Å²) in [5.74, 6) is -1.21. The first kappa shape index (κ1) is 51.2. The van der Waals surface area contributed by atoms with Crippen molar-refractivity contribution in [1.82, 2.24) is 0 Å². The molecule has 0 spiro atoms. The van der Waals surface area contributed by atoms with Crippen LogP contribution in [-0.4, -0.2) is 128 Å². The standard InChI is InChI=1S/C48H59BO11S4/c1-61(56)44-23-19-39(20-24-44)46(54)37-63(33-28-50,34-29-51)59-49(60-64(35-30-52,36-31-53)38-47(55)40-21-25-45(26-22-40)62(2)57)58-32-12-27-48(41-13-6-3-7-14-41,42-15-8-4-9-16-42)43-17-10-5-11-18-43/h3-11,13-26,50-53H,12,27-38H2,1-2H3.